The number of rotatable bonds is 10. The summed E-state index contributed by atoms with van der Waals surface area (Å²) in [6.45, 7) is 5.23. The number of unbranched alkanes of at least 4 members (excludes halogenated alkanes) is 2. The van der Waals surface area contributed by atoms with Crippen LogP contribution in [0.3, 0.4) is 0 Å². The smallest absolute Gasteiger partial charge is 0.266 e. The number of fused-ring (bicyclic) bond motifs is 1. The molecule has 3 aromatic rings. The molecule has 1 amide bonds. The van der Waals surface area contributed by atoms with Crippen LogP contribution in [0.15, 0.2) is 53.3 Å². The molecule has 0 N–H and O–H groups in total. The van der Waals surface area contributed by atoms with Gasteiger partial charge in [-0.3, -0.25) is 14.2 Å². The first-order valence-electron chi connectivity index (χ1n) is 11.5. The Bertz CT molecular complexity index is 1140. The van der Waals surface area contributed by atoms with Crippen molar-refractivity contribution in [2.24, 2.45) is 0 Å². The molecule has 0 saturated carbocycles. The molecule has 0 radical (unpaired) electrons. The summed E-state index contributed by atoms with van der Waals surface area (Å²) >= 11 is 0. The molecule has 6 nitrogen and oxygen atoms in total. The number of benzene rings is 2. The Morgan fingerprint density at radius 3 is 2.42 bits per heavy atom. The topological polar surface area (TPSA) is 58.4 Å². The Labute approximate surface area is 194 Å². The lowest BCUT2D eigenvalue weighted by Crippen LogP contribution is -2.40. The quantitative estimate of drug-likeness (QED) is 0.423. The van der Waals surface area contributed by atoms with Crippen LogP contribution >= 0.6 is 0 Å². The van der Waals surface area contributed by atoms with Gasteiger partial charge in [-0.05, 0) is 63.8 Å². The third-order valence-electron chi connectivity index (χ3n) is 5.83. The maximum atomic E-state index is 13.6. The predicted octanol–water partition coefficient (Wildman–Crippen LogP) is 4.56. The van der Waals surface area contributed by atoms with Gasteiger partial charge in [-0.2, -0.15) is 0 Å². The van der Waals surface area contributed by atoms with E-state index in [0.29, 0.717) is 41.9 Å². The van der Waals surface area contributed by atoms with Gasteiger partial charge in [0.15, 0.2) is 0 Å². The van der Waals surface area contributed by atoms with Crippen molar-refractivity contribution < 1.29 is 9.18 Å². The second-order valence-electron chi connectivity index (χ2n) is 8.63. The molecule has 0 bridgehead atoms. The zero-order valence-electron chi connectivity index (χ0n) is 19.9. The van der Waals surface area contributed by atoms with E-state index in [1.165, 1.54) is 16.7 Å². The van der Waals surface area contributed by atoms with E-state index in [9.17, 15) is 14.0 Å². The molecule has 0 aliphatic rings. The Hall–Kier alpha value is -3.06. The van der Waals surface area contributed by atoms with E-state index < -0.39 is 6.04 Å². The standard InChI is InChI=1S/C26H33FN4O2/c1-5-6-7-12-24(32)30(18-17-29(3)4)19(2)25-28-23-11-9-8-10-22(23)26(33)31(25)21-15-13-20(27)14-16-21/h8-11,13-16,19H,5-7,12,17-18H2,1-4H3. The predicted molar refractivity (Wildman–Crippen MR) is 130 cm³/mol. The fourth-order valence-corrected chi connectivity index (χ4v) is 3.92. The maximum Gasteiger partial charge on any atom is 0.266 e. The largest absolute Gasteiger partial charge is 0.331 e. The highest BCUT2D eigenvalue weighted by atomic mass is 19.1. The van der Waals surface area contributed by atoms with Gasteiger partial charge in [0.1, 0.15) is 11.6 Å². The number of para-hydroxylation sites is 1. The van der Waals surface area contributed by atoms with Gasteiger partial charge < -0.3 is 9.80 Å². The van der Waals surface area contributed by atoms with Crippen molar-refractivity contribution in [1.29, 1.82) is 0 Å². The summed E-state index contributed by atoms with van der Waals surface area (Å²) in [6, 6.07) is 12.5. The molecule has 2 aromatic carbocycles. The van der Waals surface area contributed by atoms with Crippen LogP contribution in [-0.4, -0.2) is 52.4 Å². The third-order valence-corrected chi connectivity index (χ3v) is 5.83. The summed E-state index contributed by atoms with van der Waals surface area (Å²) in [5.74, 6) is 0.132. The summed E-state index contributed by atoms with van der Waals surface area (Å²) < 4.78 is 15.1. The van der Waals surface area contributed by atoms with Crippen molar-refractivity contribution in [2.75, 3.05) is 27.2 Å². The maximum absolute atomic E-state index is 13.6. The summed E-state index contributed by atoms with van der Waals surface area (Å²) in [6.07, 6.45) is 3.32. The SMILES string of the molecule is CCCCCC(=O)N(CCN(C)C)C(C)c1nc2ccccc2c(=O)n1-c1ccc(F)cc1. The molecular formula is C26H33FN4O2. The van der Waals surface area contributed by atoms with Crippen molar-refractivity contribution in [3.05, 3.63) is 70.5 Å². The van der Waals surface area contributed by atoms with E-state index in [-0.39, 0.29) is 17.3 Å². The molecule has 7 heteroatoms. The second kappa shape index (κ2) is 11.2. The number of carbonyl (C=O) groups is 1. The van der Waals surface area contributed by atoms with Gasteiger partial charge in [0, 0.05) is 19.5 Å². The molecule has 0 fully saturated rings. The van der Waals surface area contributed by atoms with Crippen LogP contribution in [0.25, 0.3) is 16.6 Å². The highest BCUT2D eigenvalue weighted by molar-refractivity contribution is 5.79. The Balaban J connectivity index is 2.13. The minimum Gasteiger partial charge on any atom is -0.331 e. The van der Waals surface area contributed by atoms with Gasteiger partial charge in [-0.1, -0.05) is 31.9 Å². The summed E-state index contributed by atoms with van der Waals surface area (Å²) in [4.78, 5) is 35.4. The molecule has 1 unspecified atom stereocenters. The average Bonchev–Trinajstić information content (AvgIpc) is 2.80. The average molecular weight is 453 g/mol. The van der Waals surface area contributed by atoms with Crippen molar-refractivity contribution >= 4 is 16.8 Å². The van der Waals surface area contributed by atoms with Crippen LogP contribution in [0.2, 0.25) is 0 Å². The molecular weight excluding hydrogens is 419 g/mol. The number of halogens is 1. The van der Waals surface area contributed by atoms with E-state index in [1.807, 2.05) is 36.9 Å². The number of nitrogens with zero attached hydrogens (tertiary/aromatic N) is 4. The lowest BCUT2D eigenvalue weighted by Gasteiger charge is -2.31. The second-order valence-corrected chi connectivity index (χ2v) is 8.63. The van der Waals surface area contributed by atoms with Crippen LogP contribution < -0.4 is 5.56 Å². The number of hydrogen-bond acceptors (Lipinski definition) is 4. The fraction of sp³-hybridized carbons (Fsp3) is 0.423. The lowest BCUT2D eigenvalue weighted by atomic mass is 10.1. The fourth-order valence-electron chi connectivity index (χ4n) is 3.92. The molecule has 1 aromatic heterocycles. The first-order valence-corrected chi connectivity index (χ1v) is 11.5. The van der Waals surface area contributed by atoms with E-state index in [1.54, 1.807) is 30.3 Å². The number of hydrogen-bond donors (Lipinski definition) is 0. The van der Waals surface area contributed by atoms with E-state index in [0.717, 1.165) is 19.3 Å². The van der Waals surface area contributed by atoms with Crippen molar-refractivity contribution in [1.82, 2.24) is 19.4 Å². The van der Waals surface area contributed by atoms with Gasteiger partial charge in [-0.25, -0.2) is 9.37 Å². The number of likely N-dealkylation sites (N-methyl/N-ethyl adjacent to an activating group) is 1. The molecule has 33 heavy (non-hydrogen) atoms. The molecule has 0 saturated heterocycles. The number of carbonyl (C=O) groups excluding carboxylic acids is 1. The third kappa shape index (κ3) is 5.85. The van der Waals surface area contributed by atoms with Gasteiger partial charge in [0.05, 0.1) is 22.6 Å². The Morgan fingerprint density at radius 2 is 1.76 bits per heavy atom. The van der Waals surface area contributed by atoms with Crippen LogP contribution in [0, 0.1) is 5.82 Å². The van der Waals surface area contributed by atoms with Gasteiger partial charge in [0.25, 0.3) is 5.56 Å². The van der Waals surface area contributed by atoms with Crippen molar-refractivity contribution in [2.45, 2.75) is 45.6 Å². The first-order chi connectivity index (χ1) is 15.8. The molecule has 0 aliphatic carbocycles. The summed E-state index contributed by atoms with van der Waals surface area (Å²) in [5.41, 5.74) is 0.862. The van der Waals surface area contributed by atoms with Gasteiger partial charge in [-0.15, -0.1) is 0 Å². The lowest BCUT2D eigenvalue weighted by molar-refractivity contribution is -0.133. The highest BCUT2D eigenvalue weighted by Crippen LogP contribution is 2.24. The number of amides is 1. The highest BCUT2D eigenvalue weighted by Gasteiger charge is 2.26. The van der Waals surface area contributed by atoms with Crippen LogP contribution in [0.1, 0.15) is 51.4 Å². The molecule has 176 valence electrons. The Morgan fingerprint density at radius 1 is 1.06 bits per heavy atom. The van der Waals surface area contributed by atoms with Crippen molar-refractivity contribution in [3.63, 3.8) is 0 Å². The summed E-state index contributed by atoms with van der Waals surface area (Å²) in [7, 11) is 3.93. The van der Waals surface area contributed by atoms with Crippen LogP contribution in [-0.2, 0) is 4.79 Å². The van der Waals surface area contributed by atoms with E-state index in [4.69, 9.17) is 4.98 Å². The number of aromatic nitrogens is 2. The monoisotopic (exact) mass is 452 g/mol. The molecule has 0 aliphatic heterocycles. The molecule has 1 atom stereocenters. The van der Waals surface area contributed by atoms with Crippen molar-refractivity contribution in [3.8, 4) is 5.69 Å². The van der Waals surface area contributed by atoms with Gasteiger partial charge in [0.2, 0.25) is 5.91 Å². The minimum absolute atomic E-state index is 0.0471. The van der Waals surface area contributed by atoms with E-state index >= 15 is 0 Å². The zero-order chi connectivity index (χ0) is 24.0. The normalized spacial score (nSPS) is 12.3. The minimum atomic E-state index is -0.443. The molecule has 0 spiro atoms. The Kier molecular flexibility index (Phi) is 8.33. The summed E-state index contributed by atoms with van der Waals surface area (Å²) in [5, 5.41) is 0.479. The van der Waals surface area contributed by atoms with Gasteiger partial charge >= 0.3 is 0 Å². The molecule has 3 rings (SSSR count). The molecule has 1 heterocycles. The zero-order valence-corrected chi connectivity index (χ0v) is 19.9. The van der Waals surface area contributed by atoms with Crippen LogP contribution in [0.5, 0.6) is 0 Å². The van der Waals surface area contributed by atoms with Crippen LogP contribution in [0.4, 0.5) is 4.39 Å². The first kappa shape index (κ1) is 24.6. The van der Waals surface area contributed by atoms with E-state index in [2.05, 4.69) is 6.92 Å².